The van der Waals surface area contributed by atoms with E-state index in [1.54, 1.807) is 16.9 Å². The molecule has 0 bridgehead atoms. The third kappa shape index (κ3) is 4.53. The number of methoxy groups -OCH3 is 1. The molecule has 7 nitrogen and oxygen atoms in total. The van der Waals surface area contributed by atoms with E-state index in [1.165, 1.54) is 6.42 Å². The highest BCUT2D eigenvalue weighted by atomic mass is 16.5. The minimum Gasteiger partial charge on any atom is -0.497 e. The summed E-state index contributed by atoms with van der Waals surface area (Å²) in [6.07, 6.45) is 2.29. The summed E-state index contributed by atoms with van der Waals surface area (Å²) < 4.78 is 5.23. The van der Waals surface area contributed by atoms with E-state index in [-0.39, 0.29) is 18.5 Å². The maximum absolute atomic E-state index is 12.6. The summed E-state index contributed by atoms with van der Waals surface area (Å²) in [6.45, 7) is 7.22. The molecule has 0 aromatic heterocycles. The Kier molecular flexibility index (Phi) is 6.21. The monoisotopic (exact) mass is 374 g/mol. The van der Waals surface area contributed by atoms with Gasteiger partial charge in [-0.3, -0.25) is 9.69 Å². The van der Waals surface area contributed by atoms with Crippen LogP contribution in [0.5, 0.6) is 5.75 Å². The molecule has 1 aromatic rings. The Labute approximate surface area is 161 Å². The molecule has 2 aliphatic rings. The second-order valence-electron chi connectivity index (χ2n) is 7.48. The van der Waals surface area contributed by atoms with Crippen molar-refractivity contribution in [3.05, 3.63) is 24.3 Å². The third-order valence-corrected chi connectivity index (χ3v) is 5.45. The van der Waals surface area contributed by atoms with Gasteiger partial charge in [0.25, 0.3) is 0 Å². The molecule has 1 N–H and O–H groups in total. The van der Waals surface area contributed by atoms with Crippen molar-refractivity contribution < 1.29 is 14.3 Å². The molecule has 0 saturated carbocycles. The Morgan fingerprint density at radius 1 is 1.30 bits per heavy atom. The van der Waals surface area contributed by atoms with E-state index in [0.29, 0.717) is 37.5 Å². The van der Waals surface area contributed by atoms with Crippen molar-refractivity contribution in [3.8, 4) is 5.75 Å². The molecule has 2 aliphatic heterocycles. The van der Waals surface area contributed by atoms with Gasteiger partial charge in [-0.2, -0.15) is 0 Å². The Morgan fingerprint density at radius 3 is 2.81 bits per heavy atom. The first kappa shape index (κ1) is 19.5. The van der Waals surface area contributed by atoms with Gasteiger partial charge in [-0.1, -0.05) is 6.07 Å². The number of piperazine rings is 1. The van der Waals surface area contributed by atoms with Gasteiger partial charge < -0.3 is 19.9 Å². The summed E-state index contributed by atoms with van der Waals surface area (Å²) in [4.78, 5) is 30.8. The molecule has 2 heterocycles. The van der Waals surface area contributed by atoms with Crippen LogP contribution in [0, 0.1) is 0 Å². The van der Waals surface area contributed by atoms with Gasteiger partial charge in [0.05, 0.1) is 7.11 Å². The molecular weight excluding hydrogens is 344 g/mol. The molecular formula is C20H30N4O3. The molecule has 0 spiro atoms. The van der Waals surface area contributed by atoms with Crippen molar-refractivity contribution in [2.24, 2.45) is 0 Å². The van der Waals surface area contributed by atoms with E-state index in [1.807, 2.05) is 24.3 Å². The first-order chi connectivity index (χ1) is 13.0. The van der Waals surface area contributed by atoms with E-state index >= 15 is 0 Å². The number of rotatable bonds is 5. The predicted octanol–water partition coefficient (Wildman–Crippen LogP) is 1.93. The number of amides is 3. The smallest absolute Gasteiger partial charge is 0.317 e. The summed E-state index contributed by atoms with van der Waals surface area (Å²) in [7, 11) is 1.61. The Morgan fingerprint density at radius 2 is 2.11 bits per heavy atom. The van der Waals surface area contributed by atoms with Crippen molar-refractivity contribution in [1.82, 2.24) is 15.1 Å². The molecule has 7 heteroatoms. The van der Waals surface area contributed by atoms with Gasteiger partial charge in [0, 0.05) is 43.5 Å². The Balaban J connectivity index is 1.53. The number of carbonyl (C=O) groups is 2. The van der Waals surface area contributed by atoms with Crippen molar-refractivity contribution >= 4 is 17.6 Å². The number of nitrogens with zero attached hydrogens (tertiary/aromatic N) is 3. The molecule has 0 radical (unpaired) electrons. The molecule has 27 heavy (non-hydrogen) atoms. The SMILES string of the molecule is COc1cccc(N2CCN(C(=O)NC[C@@H]3CCCN3C(C)C)CC2=O)c1. The number of likely N-dealkylation sites (tertiary alicyclic amines) is 1. The van der Waals surface area contributed by atoms with Crippen LogP contribution in [-0.2, 0) is 4.79 Å². The minimum absolute atomic E-state index is 0.0747. The first-order valence-corrected chi connectivity index (χ1v) is 9.72. The van der Waals surface area contributed by atoms with Gasteiger partial charge in [0.2, 0.25) is 5.91 Å². The number of anilines is 1. The second kappa shape index (κ2) is 8.61. The minimum atomic E-state index is -0.149. The molecule has 0 aliphatic carbocycles. The summed E-state index contributed by atoms with van der Waals surface area (Å²) in [5.41, 5.74) is 0.804. The average molecular weight is 374 g/mol. The molecule has 0 unspecified atom stereocenters. The maximum atomic E-state index is 12.6. The van der Waals surface area contributed by atoms with Crippen molar-refractivity contribution in [3.63, 3.8) is 0 Å². The molecule has 2 saturated heterocycles. The normalized spacial score (nSPS) is 21.0. The van der Waals surface area contributed by atoms with E-state index in [0.717, 1.165) is 18.7 Å². The molecule has 2 fully saturated rings. The zero-order valence-electron chi connectivity index (χ0n) is 16.5. The van der Waals surface area contributed by atoms with E-state index in [2.05, 4.69) is 24.1 Å². The topological polar surface area (TPSA) is 65.1 Å². The van der Waals surface area contributed by atoms with Crippen LogP contribution in [0.1, 0.15) is 26.7 Å². The van der Waals surface area contributed by atoms with Crippen LogP contribution >= 0.6 is 0 Å². The lowest BCUT2D eigenvalue weighted by atomic mass is 10.2. The number of ether oxygens (including phenoxy) is 1. The van der Waals surface area contributed by atoms with Gasteiger partial charge in [0.15, 0.2) is 0 Å². The summed E-state index contributed by atoms with van der Waals surface area (Å²) in [5, 5.41) is 3.03. The fraction of sp³-hybridized carbons (Fsp3) is 0.600. The van der Waals surface area contributed by atoms with Crippen molar-refractivity contribution in [1.29, 1.82) is 0 Å². The zero-order valence-corrected chi connectivity index (χ0v) is 16.5. The number of carbonyl (C=O) groups excluding carboxylic acids is 2. The standard InChI is InChI=1S/C20H30N4O3/c1-15(2)23-9-5-7-17(23)13-21-20(26)22-10-11-24(19(25)14-22)16-6-4-8-18(12-16)27-3/h4,6,8,12,15,17H,5,7,9-11,13-14H2,1-3H3,(H,21,26)/t17-/m0/s1. The lowest BCUT2D eigenvalue weighted by Gasteiger charge is -2.35. The van der Waals surface area contributed by atoms with Gasteiger partial charge in [0.1, 0.15) is 12.3 Å². The average Bonchev–Trinajstić information content (AvgIpc) is 3.15. The van der Waals surface area contributed by atoms with Crippen LogP contribution in [0.15, 0.2) is 24.3 Å². The molecule has 1 atom stereocenters. The fourth-order valence-electron chi connectivity index (χ4n) is 3.97. The largest absolute Gasteiger partial charge is 0.497 e. The van der Waals surface area contributed by atoms with Gasteiger partial charge in [-0.25, -0.2) is 4.79 Å². The lowest BCUT2D eigenvalue weighted by Crippen LogP contribution is -2.56. The summed E-state index contributed by atoms with van der Waals surface area (Å²) in [5.74, 6) is 0.640. The summed E-state index contributed by atoms with van der Waals surface area (Å²) in [6, 6.07) is 8.17. The molecule has 3 rings (SSSR count). The van der Waals surface area contributed by atoms with Crippen LogP contribution in [0.3, 0.4) is 0 Å². The van der Waals surface area contributed by atoms with Crippen molar-refractivity contribution in [2.75, 3.05) is 44.7 Å². The lowest BCUT2D eigenvalue weighted by molar-refractivity contribution is -0.120. The predicted molar refractivity (Wildman–Crippen MR) is 105 cm³/mol. The molecule has 148 valence electrons. The van der Waals surface area contributed by atoms with Crippen LogP contribution in [0.25, 0.3) is 0 Å². The zero-order chi connectivity index (χ0) is 19.4. The summed E-state index contributed by atoms with van der Waals surface area (Å²) >= 11 is 0. The van der Waals surface area contributed by atoms with Crippen molar-refractivity contribution in [2.45, 2.75) is 38.8 Å². The van der Waals surface area contributed by atoms with E-state index in [9.17, 15) is 9.59 Å². The van der Waals surface area contributed by atoms with E-state index in [4.69, 9.17) is 4.74 Å². The number of urea groups is 1. The van der Waals surface area contributed by atoms with Crippen LogP contribution < -0.4 is 15.0 Å². The van der Waals surface area contributed by atoms with Crippen LogP contribution in [0.4, 0.5) is 10.5 Å². The van der Waals surface area contributed by atoms with E-state index < -0.39 is 0 Å². The van der Waals surface area contributed by atoms with Crippen LogP contribution in [0.2, 0.25) is 0 Å². The highest BCUT2D eigenvalue weighted by molar-refractivity contribution is 5.97. The number of hydrogen-bond acceptors (Lipinski definition) is 4. The number of benzene rings is 1. The fourth-order valence-corrected chi connectivity index (χ4v) is 3.97. The molecule has 3 amide bonds. The highest BCUT2D eigenvalue weighted by Crippen LogP contribution is 2.23. The number of hydrogen-bond donors (Lipinski definition) is 1. The highest BCUT2D eigenvalue weighted by Gasteiger charge is 2.30. The second-order valence-corrected chi connectivity index (χ2v) is 7.48. The van der Waals surface area contributed by atoms with Gasteiger partial charge >= 0.3 is 6.03 Å². The first-order valence-electron chi connectivity index (χ1n) is 9.72. The quantitative estimate of drug-likeness (QED) is 0.855. The Bertz CT molecular complexity index is 679. The van der Waals surface area contributed by atoms with Gasteiger partial charge in [-0.15, -0.1) is 0 Å². The maximum Gasteiger partial charge on any atom is 0.317 e. The van der Waals surface area contributed by atoms with Gasteiger partial charge in [-0.05, 0) is 45.4 Å². The number of nitrogens with one attached hydrogen (secondary N) is 1. The molecule has 1 aromatic carbocycles. The third-order valence-electron chi connectivity index (χ3n) is 5.45. The van der Waals surface area contributed by atoms with Crippen LogP contribution in [-0.4, -0.2) is 73.7 Å². The Hall–Kier alpha value is -2.28.